The Balaban J connectivity index is 1.49. The number of rotatable bonds is 7. The van der Waals surface area contributed by atoms with Gasteiger partial charge in [-0.05, 0) is 60.8 Å². The van der Waals surface area contributed by atoms with Crippen molar-refractivity contribution >= 4 is 27.5 Å². The molecule has 0 spiro atoms. The van der Waals surface area contributed by atoms with Gasteiger partial charge in [0.15, 0.2) is 0 Å². The van der Waals surface area contributed by atoms with E-state index in [1.165, 1.54) is 30.4 Å². The predicted molar refractivity (Wildman–Crippen MR) is 105 cm³/mol. The van der Waals surface area contributed by atoms with E-state index in [2.05, 4.69) is 52.3 Å². The molecule has 24 heavy (non-hydrogen) atoms. The molecule has 2 aromatic carbocycles. The van der Waals surface area contributed by atoms with Crippen molar-refractivity contribution in [2.45, 2.75) is 37.1 Å². The standard InChI is InChI=1S/C21H24BrClO/c22-21-12-10-18(15-24-14-17-5-2-1-3-6-17)20(21)11-9-16-7-4-8-19(23)13-16/h1-8,13,18,20-21H,9-12,14-15H2/t18-,20-,21?/m1/s1. The Morgan fingerprint density at radius 2 is 1.79 bits per heavy atom. The van der Waals surface area contributed by atoms with Gasteiger partial charge in [0.2, 0.25) is 0 Å². The lowest BCUT2D eigenvalue weighted by Gasteiger charge is -2.22. The molecule has 128 valence electrons. The Morgan fingerprint density at radius 3 is 2.58 bits per heavy atom. The number of ether oxygens (including phenoxy) is 1. The number of alkyl halides is 1. The minimum atomic E-state index is 0.613. The molecule has 0 N–H and O–H groups in total. The molecule has 0 heterocycles. The van der Waals surface area contributed by atoms with Gasteiger partial charge in [0.1, 0.15) is 0 Å². The van der Waals surface area contributed by atoms with Crippen molar-refractivity contribution in [3.63, 3.8) is 0 Å². The summed E-state index contributed by atoms with van der Waals surface area (Å²) in [7, 11) is 0. The van der Waals surface area contributed by atoms with Crippen LogP contribution in [0, 0.1) is 11.8 Å². The molecule has 0 saturated heterocycles. The minimum Gasteiger partial charge on any atom is -0.376 e. The van der Waals surface area contributed by atoms with Crippen LogP contribution in [0.2, 0.25) is 5.02 Å². The first kappa shape index (κ1) is 18.0. The summed E-state index contributed by atoms with van der Waals surface area (Å²) in [4.78, 5) is 0.613. The maximum Gasteiger partial charge on any atom is 0.0717 e. The summed E-state index contributed by atoms with van der Waals surface area (Å²) < 4.78 is 6.01. The second kappa shape index (κ2) is 9.03. The SMILES string of the molecule is Clc1cccc(CC[C@H]2C(Br)CC[C@@H]2COCc2ccccc2)c1. The lowest BCUT2D eigenvalue weighted by Crippen LogP contribution is -2.20. The second-order valence-corrected chi connectivity index (χ2v) is 8.30. The van der Waals surface area contributed by atoms with Crippen molar-refractivity contribution in [3.05, 3.63) is 70.7 Å². The smallest absolute Gasteiger partial charge is 0.0717 e. The van der Waals surface area contributed by atoms with E-state index in [4.69, 9.17) is 16.3 Å². The molecule has 0 radical (unpaired) electrons. The van der Waals surface area contributed by atoms with Gasteiger partial charge in [0.05, 0.1) is 13.2 Å². The highest BCUT2D eigenvalue weighted by Crippen LogP contribution is 2.40. The summed E-state index contributed by atoms with van der Waals surface area (Å²) in [6, 6.07) is 18.7. The van der Waals surface area contributed by atoms with E-state index in [0.29, 0.717) is 23.3 Å². The van der Waals surface area contributed by atoms with Crippen molar-refractivity contribution < 1.29 is 4.74 Å². The van der Waals surface area contributed by atoms with E-state index < -0.39 is 0 Å². The summed E-state index contributed by atoms with van der Waals surface area (Å²) in [6.07, 6.45) is 4.78. The first-order valence-electron chi connectivity index (χ1n) is 8.72. The highest BCUT2D eigenvalue weighted by molar-refractivity contribution is 9.09. The monoisotopic (exact) mass is 406 g/mol. The van der Waals surface area contributed by atoms with Crippen LogP contribution in [0.25, 0.3) is 0 Å². The predicted octanol–water partition coefficient (Wildman–Crippen LogP) is 6.28. The maximum absolute atomic E-state index is 6.10. The van der Waals surface area contributed by atoms with Crippen LogP contribution in [0.4, 0.5) is 0 Å². The van der Waals surface area contributed by atoms with Crippen molar-refractivity contribution in [1.82, 2.24) is 0 Å². The second-order valence-electron chi connectivity index (χ2n) is 6.69. The zero-order valence-electron chi connectivity index (χ0n) is 13.8. The summed E-state index contributed by atoms with van der Waals surface area (Å²) in [5.74, 6) is 1.33. The van der Waals surface area contributed by atoms with Gasteiger partial charge in [0, 0.05) is 9.85 Å². The van der Waals surface area contributed by atoms with Crippen LogP contribution in [0.15, 0.2) is 54.6 Å². The molecule has 0 aliphatic heterocycles. The van der Waals surface area contributed by atoms with E-state index in [-0.39, 0.29) is 0 Å². The lowest BCUT2D eigenvalue weighted by molar-refractivity contribution is 0.0733. The van der Waals surface area contributed by atoms with Gasteiger partial charge in [0.25, 0.3) is 0 Å². The van der Waals surface area contributed by atoms with Gasteiger partial charge in [-0.25, -0.2) is 0 Å². The van der Waals surface area contributed by atoms with Crippen LogP contribution < -0.4 is 0 Å². The van der Waals surface area contributed by atoms with E-state index in [0.717, 1.165) is 18.1 Å². The highest BCUT2D eigenvalue weighted by Gasteiger charge is 2.34. The van der Waals surface area contributed by atoms with Gasteiger partial charge in [-0.1, -0.05) is 70.0 Å². The Morgan fingerprint density at radius 1 is 1.00 bits per heavy atom. The molecule has 1 nitrogen and oxygen atoms in total. The van der Waals surface area contributed by atoms with Gasteiger partial charge in [-0.3, -0.25) is 0 Å². The molecular formula is C21H24BrClO. The fourth-order valence-corrected chi connectivity index (χ4v) is 4.82. The molecule has 0 amide bonds. The fraction of sp³-hybridized carbons (Fsp3) is 0.429. The third-order valence-corrected chi connectivity index (χ3v) is 6.35. The van der Waals surface area contributed by atoms with Crippen LogP contribution >= 0.6 is 27.5 Å². The molecule has 1 saturated carbocycles. The molecule has 1 aliphatic carbocycles. The molecule has 1 fully saturated rings. The molecule has 0 aromatic heterocycles. The first-order chi connectivity index (χ1) is 11.7. The fourth-order valence-electron chi connectivity index (χ4n) is 3.65. The van der Waals surface area contributed by atoms with Gasteiger partial charge >= 0.3 is 0 Å². The summed E-state index contributed by atoms with van der Waals surface area (Å²) in [5.41, 5.74) is 2.58. The summed E-state index contributed by atoms with van der Waals surface area (Å²) in [6.45, 7) is 1.57. The molecule has 1 unspecified atom stereocenters. The van der Waals surface area contributed by atoms with E-state index in [1.807, 2.05) is 18.2 Å². The van der Waals surface area contributed by atoms with Crippen LogP contribution in [0.3, 0.4) is 0 Å². The normalized spacial score (nSPS) is 23.5. The van der Waals surface area contributed by atoms with Crippen molar-refractivity contribution in [3.8, 4) is 0 Å². The van der Waals surface area contributed by atoms with Crippen molar-refractivity contribution in [1.29, 1.82) is 0 Å². The van der Waals surface area contributed by atoms with E-state index in [9.17, 15) is 0 Å². The molecule has 3 rings (SSSR count). The Bertz CT molecular complexity index is 631. The number of benzene rings is 2. The number of aryl methyl sites for hydroxylation is 1. The average molecular weight is 408 g/mol. The zero-order chi connectivity index (χ0) is 16.8. The molecule has 2 aromatic rings. The maximum atomic E-state index is 6.10. The van der Waals surface area contributed by atoms with E-state index >= 15 is 0 Å². The number of halogens is 2. The van der Waals surface area contributed by atoms with Crippen LogP contribution in [-0.4, -0.2) is 11.4 Å². The topological polar surface area (TPSA) is 9.23 Å². The van der Waals surface area contributed by atoms with Crippen molar-refractivity contribution in [2.75, 3.05) is 6.61 Å². The number of hydrogen-bond acceptors (Lipinski definition) is 1. The Hall–Kier alpha value is -0.830. The van der Waals surface area contributed by atoms with Crippen LogP contribution in [0.5, 0.6) is 0 Å². The average Bonchev–Trinajstić information content (AvgIpc) is 2.94. The van der Waals surface area contributed by atoms with Gasteiger partial charge in [-0.15, -0.1) is 0 Å². The lowest BCUT2D eigenvalue weighted by atomic mass is 9.90. The molecule has 3 heteroatoms. The van der Waals surface area contributed by atoms with E-state index in [1.54, 1.807) is 0 Å². The van der Waals surface area contributed by atoms with Crippen molar-refractivity contribution in [2.24, 2.45) is 11.8 Å². The molecular weight excluding hydrogens is 384 g/mol. The third kappa shape index (κ3) is 5.08. The number of hydrogen-bond donors (Lipinski definition) is 0. The molecule has 1 aliphatic rings. The zero-order valence-corrected chi connectivity index (χ0v) is 16.2. The highest BCUT2D eigenvalue weighted by atomic mass is 79.9. The quantitative estimate of drug-likeness (QED) is 0.491. The summed E-state index contributed by atoms with van der Waals surface area (Å²) >= 11 is 9.98. The molecule has 0 bridgehead atoms. The van der Waals surface area contributed by atoms with Crippen LogP contribution in [0.1, 0.15) is 30.4 Å². The Kier molecular flexibility index (Phi) is 6.76. The summed E-state index contributed by atoms with van der Waals surface area (Å²) in [5, 5.41) is 0.831. The molecule has 3 atom stereocenters. The third-order valence-electron chi connectivity index (χ3n) is 4.98. The first-order valence-corrected chi connectivity index (χ1v) is 10.0. The van der Waals surface area contributed by atoms with Crippen LogP contribution in [-0.2, 0) is 17.8 Å². The van der Waals surface area contributed by atoms with Gasteiger partial charge in [-0.2, -0.15) is 0 Å². The minimum absolute atomic E-state index is 0.613. The largest absolute Gasteiger partial charge is 0.376 e. The van der Waals surface area contributed by atoms with Gasteiger partial charge < -0.3 is 4.74 Å². The Labute approximate surface area is 158 Å².